The molecule has 0 unspecified atom stereocenters. The first-order chi connectivity index (χ1) is 68.7. The van der Waals surface area contributed by atoms with Crippen molar-refractivity contribution in [2.45, 2.75) is 202 Å². The smallest absolute Gasteiger partial charge is 0.00130 e. The molecule has 20 aromatic carbocycles. The predicted molar refractivity (Wildman–Crippen MR) is 613 cm³/mol. The summed E-state index contributed by atoms with van der Waals surface area (Å²) in [6, 6.07) is 117. The molecule has 0 aliphatic heterocycles. The fraction of sp³-hybridized carbons (Fsp3) is 0.211. The number of allylic oxidation sites excluding steroid dienone is 2. The van der Waals surface area contributed by atoms with Gasteiger partial charge in [-0.1, -0.05) is 400 Å². The van der Waals surface area contributed by atoms with Gasteiger partial charge < -0.3 is 0 Å². The van der Waals surface area contributed by atoms with Crippen molar-refractivity contribution in [2.24, 2.45) is 0 Å². The zero-order chi connectivity index (χ0) is 98.2. The minimum atomic E-state index is 1.08. The fourth-order valence-corrected chi connectivity index (χ4v) is 24.7. The van der Waals surface area contributed by atoms with E-state index in [0.29, 0.717) is 0 Å². The summed E-state index contributed by atoms with van der Waals surface area (Å²) in [5.74, 6) is 0. The monoisotopic (exact) mass is 1840 g/mol. The third-order valence-electron chi connectivity index (χ3n) is 31.4. The van der Waals surface area contributed by atoms with Crippen LogP contribution in [0.25, 0.3) is 133 Å². The van der Waals surface area contributed by atoms with Crippen molar-refractivity contribution in [1.29, 1.82) is 0 Å². The van der Waals surface area contributed by atoms with Crippen LogP contribution < -0.4 is 0 Å². The summed E-state index contributed by atoms with van der Waals surface area (Å²) in [5, 5.41) is 13.9. The van der Waals surface area contributed by atoms with Gasteiger partial charge in [-0.15, -0.1) is 0 Å². The lowest BCUT2D eigenvalue weighted by atomic mass is 9.74. The molecule has 9 aliphatic carbocycles. The second-order valence-electron chi connectivity index (χ2n) is 42.8. The average Bonchev–Trinajstić information content (AvgIpc) is 0.985. The molecule has 0 aromatic heterocycles. The zero-order valence-corrected chi connectivity index (χ0v) is 86.7. The summed E-state index contributed by atoms with van der Waals surface area (Å²) in [6.45, 7) is 39.3. The minimum Gasteiger partial charge on any atom is -0.0683 e. The molecule has 0 atom stereocenters. The maximum Gasteiger partial charge on any atom is -0.00130 e. The Bertz CT molecular complexity index is 8100. The average molecular weight is 1840 g/mol. The molecular formula is C142H132. The first-order valence-corrected chi connectivity index (χ1v) is 51.9. The normalized spacial score (nSPS) is 13.2. The Labute approximate surface area is 844 Å². The molecule has 142 heavy (non-hydrogen) atoms. The van der Waals surface area contributed by atoms with E-state index in [4.69, 9.17) is 0 Å². The van der Waals surface area contributed by atoms with Crippen LogP contribution in [0.3, 0.4) is 0 Å². The van der Waals surface area contributed by atoms with Crippen LogP contribution in [0.5, 0.6) is 0 Å². The number of rotatable bonds is 0. The standard InChI is InChI=1S/C22H16.C19H16.C18H18.C16H16.3C15H14.2C11H12/c1-13-9-11-19-20-12-10-14(2)16-6-4-8-18(22(16)20)17-7-3-5-15(13)21(17)19;1-12-7-8-17-14(9-12)11-15-10-13(2)16-5-3-4-6-18(16)19(15)17;1-11-7-13-3-5-15-9-12(2)10-16-6-4-14(8-11)17(13)18(15)16;1-11-3-7-15-13(9-11)5-6-14-10-12(2)4-8-16(14)15;1-10-3-5-14-12(7-10)9-13-8-11(2)4-6-15(13)14;1-10-3-5-12-9-13-6-4-11(2)8-15(13)14(12)7-10;1-10-5-3-7-12-9-13-8-4-6-11(2)15(13)14(10)12;2*1-8-3-4-10-6-9(2)7-11(10)5-8/h3-12H,1-2H3;3-10H,11H2,1-2H3;7-10H,3-6H2,1-2H3;3-4,7-10H,5-6H2,1-2H3;3*3-8H,9H2,1-2H3;3-5,7H,6H2,1-2H3;3-6H,7H2,1-2H3. The maximum atomic E-state index is 2.40. The van der Waals surface area contributed by atoms with Crippen molar-refractivity contribution in [2.75, 3.05) is 0 Å². The molecule has 0 saturated carbocycles. The van der Waals surface area contributed by atoms with Gasteiger partial charge in [0.25, 0.3) is 0 Å². The Balaban J connectivity index is 0.0000000952. The van der Waals surface area contributed by atoms with Crippen LogP contribution in [-0.4, -0.2) is 0 Å². The van der Waals surface area contributed by atoms with Crippen LogP contribution in [0.15, 0.2) is 327 Å². The SMILES string of the molecule is CC1=Cc2cc(C)ccc2C1.CC1=Cc2ccc(C)cc2C1.Cc1cc2c3c(c1)CCc1cc(C)cc(c1-3)CC2.Cc1ccc2c(c1)-c1cc(C)ccc1C2.Cc1ccc2c(c1)CCc1cc(C)ccc1-2.Cc1ccc2c(c1)Cc1cc(C)c3ccccc3c1-2.Cc1ccc2c(c1)Cc1cc(C)ccc1-2.Cc1ccc2c3ccc(C)c4cccc(c5cccc1c52)c43.Cc1cccc2c1-c1c(C)cccc1C2. The highest BCUT2D eigenvalue weighted by Crippen LogP contribution is 2.49. The van der Waals surface area contributed by atoms with E-state index in [9.17, 15) is 0 Å². The van der Waals surface area contributed by atoms with Gasteiger partial charge in [-0.25, -0.2) is 0 Å². The van der Waals surface area contributed by atoms with Crippen molar-refractivity contribution in [3.8, 4) is 66.8 Å². The van der Waals surface area contributed by atoms with Gasteiger partial charge in [0, 0.05) is 0 Å². The van der Waals surface area contributed by atoms with Gasteiger partial charge in [0.05, 0.1) is 0 Å². The van der Waals surface area contributed by atoms with Crippen LogP contribution >= 0.6 is 0 Å². The van der Waals surface area contributed by atoms with Crippen LogP contribution in [0.4, 0.5) is 0 Å². The highest BCUT2D eigenvalue weighted by molar-refractivity contribution is 6.33. The number of fused-ring (bicyclic) bond motifs is 21. The molecule has 0 spiro atoms. The quantitative estimate of drug-likeness (QED) is 0.105. The van der Waals surface area contributed by atoms with E-state index in [1.165, 1.54) is 326 Å². The Morgan fingerprint density at radius 2 is 0.465 bits per heavy atom. The Morgan fingerprint density at radius 3 is 0.944 bits per heavy atom. The van der Waals surface area contributed by atoms with Gasteiger partial charge in [-0.3, -0.25) is 0 Å². The highest BCUT2D eigenvalue weighted by Gasteiger charge is 2.29. The van der Waals surface area contributed by atoms with Crippen LogP contribution in [0.2, 0.25) is 0 Å². The minimum absolute atomic E-state index is 1.08. The van der Waals surface area contributed by atoms with Crippen molar-refractivity contribution in [1.82, 2.24) is 0 Å². The second-order valence-corrected chi connectivity index (χ2v) is 42.8. The maximum absolute atomic E-state index is 2.40. The Hall–Kier alpha value is -14.6. The molecule has 0 radical (unpaired) electrons. The number of aryl methyl sites for hydroxylation is 22. The largest absolute Gasteiger partial charge is 0.0683 e. The first-order valence-electron chi connectivity index (χ1n) is 51.9. The molecular weight excluding hydrogens is 1710 g/mol. The lowest BCUT2D eigenvalue weighted by Crippen LogP contribution is -2.14. The third-order valence-corrected chi connectivity index (χ3v) is 31.4. The molecule has 700 valence electrons. The molecule has 0 heterocycles. The van der Waals surface area contributed by atoms with Crippen LogP contribution in [0.1, 0.15) is 203 Å². The molecule has 0 N–H and O–H groups in total. The molecule has 0 bridgehead atoms. The van der Waals surface area contributed by atoms with E-state index in [0.717, 1.165) is 38.5 Å². The molecule has 0 fully saturated rings. The summed E-state index contributed by atoms with van der Waals surface area (Å²) >= 11 is 0. The molecule has 0 saturated heterocycles. The van der Waals surface area contributed by atoms with Gasteiger partial charge >= 0.3 is 0 Å². The van der Waals surface area contributed by atoms with Crippen molar-refractivity contribution in [3.05, 3.63) is 516 Å². The Morgan fingerprint density at radius 1 is 0.141 bits per heavy atom. The molecule has 20 aromatic rings. The number of hydrogen-bond acceptors (Lipinski definition) is 0. The lowest BCUT2D eigenvalue weighted by molar-refractivity contribution is 0.871. The molecule has 9 aliphatic rings. The number of benzene rings is 20. The van der Waals surface area contributed by atoms with Gasteiger partial charge in [0.15, 0.2) is 0 Å². The summed E-state index contributed by atoms with van der Waals surface area (Å²) in [5.41, 5.74) is 69.6. The molecule has 0 heteroatoms. The van der Waals surface area contributed by atoms with E-state index in [-0.39, 0.29) is 0 Å². The van der Waals surface area contributed by atoms with Crippen LogP contribution in [0, 0.1) is 111 Å². The van der Waals surface area contributed by atoms with E-state index >= 15 is 0 Å². The van der Waals surface area contributed by atoms with Gasteiger partial charge in [-0.05, 0) is 450 Å². The molecule has 0 amide bonds. The summed E-state index contributed by atoms with van der Waals surface area (Å²) < 4.78 is 0. The zero-order valence-electron chi connectivity index (χ0n) is 86.7. The van der Waals surface area contributed by atoms with Gasteiger partial charge in [0.2, 0.25) is 0 Å². The second kappa shape index (κ2) is 39.1. The van der Waals surface area contributed by atoms with E-state index in [1.54, 1.807) is 33.4 Å². The van der Waals surface area contributed by atoms with E-state index < -0.39 is 0 Å². The van der Waals surface area contributed by atoms with Gasteiger partial charge in [0.1, 0.15) is 0 Å². The van der Waals surface area contributed by atoms with Crippen molar-refractivity contribution < 1.29 is 0 Å². The highest BCUT2D eigenvalue weighted by atomic mass is 14.3. The Kier molecular flexibility index (Phi) is 25.8. The summed E-state index contributed by atoms with van der Waals surface area (Å²) in [6.07, 6.45) is 18.5. The first kappa shape index (κ1) is 93.7. The van der Waals surface area contributed by atoms with E-state index in [2.05, 4.69) is 452 Å². The predicted octanol–water partition coefficient (Wildman–Crippen LogP) is 37.2. The van der Waals surface area contributed by atoms with Crippen molar-refractivity contribution >= 4 is 66.0 Å². The summed E-state index contributed by atoms with van der Waals surface area (Å²) in [7, 11) is 0. The lowest BCUT2D eigenvalue weighted by Gasteiger charge is -2.30. The fourth-order valence-electron chi connectivity index (χ4n) is 24.7. The van der Waals surface area contributed by atoms with Crippen LogP contribution in [-0.2, 0) is 77.0 Å². The van der Waals surface area contributed by atoms with Crippen molar-refractivity contribution in [3.63, 3.8) is 0 Å². The third kappa shape index (κ3) is 18.7. The van der Waals surface area contributed by atoms with E-state index in [1.807, 2.05) is 0 Å². The molecule has 0 nitrogen and oxygen atoms in total. The number of hydrogen-bond donors (Lipinski definition) is 0. The summed E-state index contributed by atoms with van der Waals surface area (Å²) in [4.78, 5) is 0. The topological polar surface area (TPSA) is 0 Å². The molecule has 29 rings (SSSR count). The van der Waals surface area contributed by atoms with Gasteiger partial charge in [-0.2, -0.15) is 0 Å².